The monoisotopic (exact) mass is 325 g/mol. The van der Waals surface area contributed by atoms with Gasteiger partial charge in [0.15, 0.2) is 11.5 Å². The fourth-order valence-electron chi connectivity index (χ4n) is 2.86. The molecule has 2 aromatic carbocycles. The highest BCUT2D eigenvalue weighted by Gasteiger charge is 2.34. The molecule has 0 unspecified atom stereocenters. The average molecular weight is 325 g/mol. The summed E-state index contributed by atoms with van der Waals surface area (Å²) < 4.78 is 11.7. The van der Waals surface area contributed by atoms with Gasteiger partial charge in [0.05, 0.1) is 0 Å². The summed E-state index contributed by atoms with van der Waals surface area (Å²) in [5.41, 5.74) is 1.83. The van der Waals surface area contributed by atoms with E-state index in [0.717, 1.165) is 11.3 Å². The number of fused-ring (bicyclic) bond motifs is 1. The second kappa shape index (κ2) is 6.19. The predicted octanol–water partition coefficient (Wildman–Crippen LogP) is 4.15. The fraction of sp³-hybridized carbons (Fsp3) is 0.350. The number of para-hydroxylation sites is 3. The summed E-state index contributed by atoms with van der Waals surface area (Å²) in [4.78, 5) is 12.8. The summed E-state index contributed by atoms with van der Waals surface area (Å²) >= 11 is 0. The van der Waals surface area contributed by atoms with E-state index in [1.54, 1.807) is 0 Å². The van der Waals surface area contributed by atoms with E-state index in [4.69, 9.17) is 9.47 Å². The third-order valence-corrected chi connectivity index (χ3v) is 4.09. The van der Waals surface area contributed by atoms with Crippen LogP contribution in [0.1, 0.15) is 33.3 Å². The Balaban J connectivity index is 1.82. The number of hydrogen-bond acceptors (Lipinski definition) is 3. The molecule has 2 aromatic rings. The van der Waals surface area contributed by atoms with Crippen molar-refractivity contribution >= 4 is 11.6 Å². The zero-order valence-electron chi connectivity index (χ0n) is 14.5. The van der Waals surface area contributed by atoms with Crippen molar-refractivity contribution in [2.24, 2.45) is 0 Å². The number of ether oxygens (including phenoxy) is 2. The molecule has 3 rings (SSSR count). The van der Waals surface area contributed by atoms with E-state index in [1.807, 2.05) is 55.5 Å². The van der Waals surface area contributed by atoms with Crippen molar-refractivity contribution in [3.05, 3.63) is 54.1 Å². The first kappa shape index (κ1) is 16.4. The van der Waals surface area contributed by atoms with Crippen molar-refractivity contribution in [3.63, 3.8) is 0 Å². The van der Waals surface area contributed by atoms with E-state index in [0.29, 0.717) is 11.5 Å². The normalized spacial score (nSPS) is 19.7. The summed E-state index contributed by atoms with van der Waals surface area (Å²) in [6.07, 6.45) is -1.05. The largest absolute Gasteiger partial charge is 0.482 e. The van der Waals surface area contributed by atoms with Gasteiger partial charge in [0, 0.05) is 5.69 Å². The van der Waals surface area contributed by atoms with Crippen LogP contribution in [0.5, 0.6) is 11.5 Å². The van der Waals surface area contributed by atoms with Crippen LogP contribution in [0.25, 0.3) is 0 Å². The van der Waals surface area contributed by atoms with Gasteiger partial charge in [0.25, 0.3) is 5.91 Å². The molecule has 24 heavy (non-hydrogen) atoms. The van der Waals surface area contributed by atoms with Gasteiger partial charge in [0.2, 0.25) is 6.10 Å². The highest BCUT2D eigenvalue weighted by atomic mass is 16.6. The van der Waals surface area contributed by atoms with Gasteiger partial charge in [-0.25, -0.2) is 0 Å². The molecule has 1 N–H and O–H groups in total. The Morgan fingerprint density at radius 1 is 0.958 bits per heavy atom. The number of carbonyl (C=O) groups excluding carboxylic acids is 1. The number of hydrogen-bond donors (Lipinski definition) is 1. The van der Waals surface area contributed by atoms with Gasteiger partial charge < -0.3 is 14.8 Å². The van der Waals surface area contributed by atoms with Crippen LogP contribution in [0.2, 0.25) is 0 Å². The van der Waals surface area contributed by atoms with E-state index >= 15 is 0 Å². The fourth-order valence-corrected chi connectivity index (χ4v) is 2.86. The maximum absolute atomic E-state index is 12.8. The number of anilines is 1. The molecule has 1 amide bonds. The molecule has 1 aliphatic rings. The minimum absolute atomic E-state index is 0.0635. The second-order valence-electron chi connectivity index (χ2n) is 7.09. The van der Waals surface area contributed by atoms with Crippen LogP contribution in [0, 0.1) is 0 Å². The third-order valence-electron chi connectivity index (χ3n) is 4.09. The predicted molar refractivity (Wildman–Crippen MR) is 94.7 cm³/mol. The first-order valence-corrected chi connectivity index (χ1v) is 8.19. The van der Waals surface area contributed by atoms with Gasteiger partial charge in [-0.2, -0.15) is 0 Å². The van der Waals surface area contributed by atoms with Gasteiger partial charge in [0.1, 0.15) is 6.10 Å². The average Bonchev–Trinajstić information content (AvgIpc) is 2.53. The summed E-state index contributed by atoms with van der Waals surface area (Å²) in [5, 5.41) is 3.00. The maximum atomic E-state index is 12.8. The lowest BCUT2D eigenvalue weighted by Gasteiger charge is -2.31. The SMILES string of the molecule is C[C@H]1Oc2ccccc2O[C@H]1C(=O)Nc1ccccc1C(C)(C)C. The van der Waals surface area contributed by atoms with E-state index < -0.39 is 6.10 Å². The molecule has 4 nitrogen and oxygen atoms in total. The smallest absolute Gasteiger partial charge is 0.269 e. The van der Waals surface area contributed by atoms with Gasteiger partial charge in [-0.3, -0.25) is 4.79 Å². The van der Waals surface area contributed by atoms with Gasteiger partial charge in [-0.05, 0) is 36.1 Å². The minimum Gasteiger partial charge on any atom is -0.482 e. The lowest BCUT2D eigenvalue weighted by atomic mass is 9.86. The standard InChI is InChI=1S/C20H23NO3/c1-13-18(24-17-12-8-7-11-16(17)23-13)19(22)21-15-10-6-5-9-14(15)20(2,3)4/h5-13,18H,1-4H3,(H,21,22)/t13-,18-/m1/s1. The molecule has 1 aliphatic heterocycles. The molecular formula is C20H23NO3. The molecule has 0 aromatic heterocycles. The molecular weight excluding hydrogens is 302 g/mol. The highest BCUT2D eigenvalue weighted by molar-refractivity contribution is 5.95. The molecule has 0 fully saturated rings. The van der Waals surface area contributed by atoms with E-state index in [-0.39, 0.29) is 17.4 Å². The molecule has 0 radical (unpaired) electrons. The number of amides is 1. The Labute approximate surface area is 142 Å². The van der Waals surface area contributed by atoms with Crippen LogP contribution in [-0.4, -0.2) is 18.1 Å². The number of benzene rings is 2. The molecule has 2 atom stereocenters. The lowest BCUT2D eigenvalue weighted by Crippen LogP contribution is -2.46. The summed E-state index contributed by atoms with van der Waals surface area (Å²) in [5.74, 6) is 1.07. The van der Waals surface area contributed by atoms with Crippen LogP contribution < -0.4 is 14.8 Å². The number of carbonyl (C=O) groups is 1. The van der Waals surface area contributed by atoms with Crippen molar-refractivity contribution < 1.29 is 14.3 Å². The van der Waals surface area contributed by atoms with Crippen molar-refractivity contribution in [2.75, 3.05) is 5.32 Å². The second-order valence-corrected chi connectivity index (χ2v) is 7.09. The van der Waals surface area contributed by atoms with E-state index in [2.05, 4.69) is 26.1 Å². The Morgan fingerprint density at radius 2 is 1.54 bits per heavy atom. The summed E-state index contributed by atoms with van der Waals surface area (Å²) in [6.45, 7) is 8.21. The van der Waals surface area contributed by atoms with Crippen LogP contribution in [-0.2, 0) is 10.2 Å². The van der Waals surface area contributed by atoms with E-state index in [1.165, 1.54) is 0 Å². The van der Waals surface area contributed by atoms with Crippen LogP contribution in [0.4, 0.5) is 5.69 Å². The zero-order chi connectivity index (χ0) is 17.3. The van der Waals surface area contributed by atoms with Gasteiger partial charge in [-0.1, -0.05) is 51.1 Å². The molecule has 126 valence electrons. The number of nitrogens with one attached hydrogen (secondary N) is 1. The topological polar surface area (TPSA) is 47.6 Å². The molecule has 0 saturated carbocycles. The quantitative estimate of drug-likeness (QED) is 0.902. The highest BCUT2D eigenvalue weighted by Crippen LogP contribution is 2.34. The molecule has 0 saturated heterocycles. The molecule has 0 bridgehead atoms. The molecule has 0 aliphatic carbocycles. The Bertz CT molecular complexity index is 749. The zero-order valence-corrected chi connectivity index (χ0v) is 14.5. The van der Waals surface area contributed by atoms with E-state index in [9.17, 15) is 4.79 Å². The summed E-state index contributed by atoms with van der Waals surface area (Å²) in [7, 11) is 0. The Kier molecular flexibility index (Phi) is 4.22. The van der Waals surface area contributed by atoms with Gasteiger partial charge >= 0.3 is 0 Å². The Morgan fingerprint density at radius 3 is 2.21 bits per heavy atom. The Hall–Kier alpha value is -2.49. The first-order chi connectivity index (χ1) is 11.4. The molecule has 1 heterocycles. The van der Waals surface area contributed by atoms with Crippen LogP contribution in [0.3, 0.4) is 0 Å². The number of rotatable bonds is 2. The minimum atomic E-state index is -0.687. The maximum Gasteiger partial charge on any atom is 0.269 e. The molecule has 4 heteroatoms. The molecule has 0 spiro atoms. The lowest BCUT2D eigenvalue weighted by molar-refractivity contribution is -0.128. The van der Waals surface area contributed by atoms with Crippen molar-refractivity contribution in [1.29, 1.82) is 0 Å². The van der Waals surface area contributed by atoms with Crippen molar-refractivity contribution in [3.8, 4) is 11.5 Å². The van der Waals surface area contributed by atoms with Crippen LogP contribution >= 0.6 is 0 Å². The van der Waals surface area contributed by atoms with Crippen molar-refractivity contribution in [1.82, 2.24) is 0 Å². The van der Waals surface area contributed by atoms with Gasteiger partial charge in [-0.15, -0.1) is 0 Å². The third kappa shape index (κ3) is 3.23. The summed E-state index contributed by atoms with van der Waals surface area (Å²) in [6, 6.07) is 15.3. The van der Waals surface area contributed by atoms with Crippen molar-refractivity contribution in [2.45, 2.75) is 45.3 Å². The first-order valence-electron chi connectivity index (χ1n) is 8.19. The van der Waals surface area contributed by atoms with Crippen LogP contribution in [0.15, 0.2) is 48.5 Å².